The van der Waals surface area contributed by atoms with Gasteiger partial charge in [0.25, 0.3) is 5.91 Å². The van der Waals surface area contributed by atoms with E-state index in [0.717, 1.165) is 0 Å². The van der Waals surface area contributed by atoms with E-state index in [4.69, 9.17) is 10.5 Å². The van der Waals surface area contributed by atoms with Gasteiger partial charge in [-0.15, -0.1) is 0 Å². The average molecular weight is 286 g/mol. The highest BCUT2D eigenvalue weighted by molar-refractivity contribution is 5.97. The molecule has 0 aromatic heterocycles. The standard InChI is InChI=1S/C16H15FN2O2/c17-12-5-3-4-11(8-12)13(18)9-19-14-6-1-2-7-15(14)21-10-16(19)20/h1-8,13H,9-10,18H2. The van der Waals surface area contributed by atoms with E-state index in [2.05, 4.69) is 0 Å². The molecule has 21 heavy (non-hydrogen) atoms. The Balaban J connectivity index is 1.85. The normalized spacial score (nSPS) is 15.3. The van der Waals surface area contributed by atoms with Crippen molar-refractivity contribution >= 4 is 11.6 Å². The molecular weight excluding hydrogens is 271 g/mol. The summed E-state index contributed by atoms with van der Waals surface area (Å²) in [4.78, 5) is 13.7. The molecule has 5 heteroatoms. The second-order valence-electron chi connectivity index (χ2n) is 4.92. The van der Waals surface area contributed by atoms with Crippen molar-refractivity contribution in [3.05, 3.63) is 59.9 Å². The first-order chi connectivity index (χ1) is 10.1. The molecule has 0 radical (unpaired) electrons. The topological polar surface area (TPSA) is 55.6 Å². The van der Waals surface area contributed by atoms with Gasteiger partial charge in [-0.2, -0.15) is 0 Å². The summed E-state index contributed by atoms with van der Waals surface area (Å²) in [7, 11) is 0. The number of nitrogens with two attached hydrogens (primary N) is 1. The molecule has 108 valence electrons. The average Bonchev–Trinajstić information content (AvgIpc) is 2.50. The first-order valence-electron chi connectivity index (χ1n) is 6.68. The molecule has 4 nitrogen and oxygen atoms in total. The monoisotopic (exact) mass is 286 g/mol. The molecule has 0 aliphatic carbocycles. The van der Waals surface area contributed by atoms with Crippen LogP contribution in [0.4, 0.5) is 10.1 Å². The number of anilines is 1. The fourth-order valence-electron chi connectivity index (χ4n) is 2.39. The Morgan fingerprint density at radius 3 is 2.86 bits per heavy atom. The van der Waals surface area contributed by atoms with Gasteiger partial charge in [0.05, 0.1) is 5.69 Å². The fraction of sp³-hybridized carbons (Fsp3) is 0.188. The molecule has 0 saturated carbocycles. The highest BCUT2D eigenvalue weighted by Gasteiger charge is 2.26. The van der Waals surface area contributed by atoms with Crippen molar-refractivity contribution in [2.24, 2.45) is 5.73 Å². The number of fused-ring (bicyclic) bond motifs is 1. The van der Waals surface area contributed by atoms with Gasteiger partial charge in [-0.1, -0.05) is 24.3 Å². The van der Waals surface area contributed by atoms with Gasteiger partial charge >= 0.3 is 0 Å². The number of para-hydroxylation sites is 2. The third-order valence-electron chi connectivity index (χ3n) is 3.46. The van der Waals surface area contributed by atoms with Crippen LogP contribution in [0.5, 0.6) is 5.75 Å². The van der Waals surface area contributed by atoms with E-state index in [9.17, 15) is 9.18 Å². The second-order valence-corrected chi connectivity index (χ2v) is 4.92. The lowest BCUT2D eigenvalue weighted by Gasteiger charge is -2.31. The minimum Gasteiger partial charge on any atom is -0.482 e. The van der Waals surface area contributed by atoms with Crippen LogP contribution in [0.3, 0.4) is 0 Å². The predicted molar refractivity (Wildman–Crippen MR) is 77.6 cm³/mol. The summed E-state index contributed by atoms with van der Waals surface area (Å²) >= 11 is 0. The smallest absolute Gasteiger partial charge is 0.265 e. The zero-order valence-corrected chi connectivity index (χ0v) is 11.3. The van der Waals surface area contributed by atoms with Crippen molar-refractivity contribution < 1.29 is 13.9 Å². The Labute approximate surface area is 121 Å². The van der Waals surface area contributed by atoms with Gasteiger partial charge in [-0.25, -0.2) is 4.39 Å². The molecule has 1 aliphatic heterocycles. The predicted octanol–water partition coefficient (Wildman–Crippen LogP) is 2.25. The molecular formula is C16H15FN2O2. The first kappa shape index (κ1) is 13.6. The Bertz CT molecular complexity index is 675. The van der Waals surface area contributed by atoms with Crippen LogP contribution in [-0.4, -0.2) is 19.1 Å². The Kier molecular flexibility index (Phi) is 3.58. The van der Waals surface area contributed by atoms with Crippen LogP contribution in [0.1, 0.15) is 11.6 Å². The molecule has 0 fully saturated rings. The minimum absolute atomic E-state index is 0.00706. The number of hydrogen-bond donors (Lipinski definition) is 1. The molecule has 1 heterocycles. The molecule has 2 aromatic rings. The van der Waals surface area contributed by atoms with Crippen molar-refractivity contribution in [2.45, 2.75) is 6.04 Å². The van der Waals surface area contributed by atoms with E-state index >= 15 is 0 Å². The van der Waals surface area contributed by atoms with E-state index < -0.39 is 6.04 Å². The zero-order chi connectivity index (χ0) is 14.8. The number of amides is 1. The third kappa shape index (κ3) is 2.73. The highest BCUT2D eigenvalue weighted by atomic mass is 19.1. The summed E-state index contributed by atoms with van der Waals surface area (Å²) in [5, 5.41) is 0. The fourth-order valence-corrected chi connectivity index (χ4v) is 2.39. The molecule has 1 atom stereocenters. The van der Waals surface area contributed by atoms with Gasteiger partial charge in [0.2, 0.25) is 0 Å². The number of rotatable bonds is 3. The number of ether oxygens (including phenoxy) is 1. The van der Waals surface area contributed by atoms with E-state index in [-0.39, 0.29) is 24.9 Å². The number of hydrogen-bond acceptors (Lipinski definition) is 3. The molecule has 2 N–H and O–H groups in total. The number of halogens is 1. The third-order valence-corrected chi connectivity index (χ3v) is 3.46. The lowest BCUT2D eigenvalue weighted by atomic mass is 10.1. The van der Waals surface area contributed by atoms with Gasteiger partial charge < -0.3 is 15.4 Å². The lowest BCUT2D eigenvalue weighted by Crippen LogP contribution is -2.42. The molecule has 2 aromatic carbocycles. The number of nitrogens with zero attached hydrogens (tertiary/aromatic N) is 1. The van der Waals surface area contributed by atoms with E-state index in [1.54, 1.807) is 17.0 Å². The lowest BCUT2D eigenvalue weighted by molar-refractivity contribution is -0.121. The maximum atomic E-state index is 13.3. The SMILES string of the molecule is NC(CN1C(=O)COc2ccccc21)c1cccc(F)c1. The second kappa shape index (κ2) is 5.54. The molecule has 0 spiro atoms. The van der Waals surface area contributed by atoms with Crippen LogP contribution in [0.2, 0.25) is 0 Å². The van der Waals surface area contributed by atoms with Gasteiger partial charge in [-0.3, -0.25) is 4.79 Å². The minimum atomic E-state index is -0.462. The van der Waals surface area contributed by atoms with Crippen LogP contribution in [0.15, 0.2) is 48.5 Å². The van der Waals surface area contributed by atoms with Crippen LogP contribution >= 0.6 is 0 Å². The molecule has 3 rings (SSSR count). The maximum Gasteiger partial charge on any atom is 0.265 e. The molecule has 1 aliphatic rings. The Morgan fingerprint density at radius 1 is 1.24 bits per heavy atom. The van der Waals surface area contributed by atoms with Gasteiger partial charge in [-0.05, 0) is 29.8 Å². The van der Waals surface area contributed by atoms with Gasteiger partial charge in [0.15, 0.2) is 6.61 Å². The van der Waals surface area contributed by atoms with Crippen LogP contribution in [-0.2, 0) is 4.79 Å². The van der Waals surface area contributed by atoms with Gasteiger partial charge in [0.1, 0.15) is 11.6 Å². The zero-order valence-electron chi connectivity index (χ0n) is 11.3. The molecule has 0 saturated heterocycles. The largest absolute Gasteiger partial charge is 0.482 e. The van der Waals surface area contributed by atoms with Crippen LogP contribution in [0.25, 0.3) is 0 Å². The molecule has 1 unspecified atom stereocenters. The van der Waals surface area contributed by atoms with E-state index in [1.165, 1.54) is 12.1 Å². The Morgan fingerprint density at radius 2 is 2.05 bits per heavy atom. The van der Waals surface area contributed by atoms with Crippen LogP contribution in [0, 0.1) is 5.82 Å². The number of carbonyl (C=O) groups is 1. The summed E-state index contributed by atoms with van der Waals surface area (Å²) in [6.45, 7) is 0.273. The van der Waals surface area contributed by atoms with E-state index in [1.807, 2.05) is 24.3 Å². The molecule has 0 bridgehead atoms. The highest BCUT2D eigenvalue weighted by Crippen LogP contribution is 2.32. The number of benzene rings is 2. The van der Waals surface area contributed by atoms with Crippen molar-refractivity contribution in [2.75, 3.05) is 18.1 Å². The van der Waals surface area contributed by atoms with Crippen molar-refractivity contribution in [1.29, 1.82) is 0 Å². The summed E-state index contributed by atoms with van der Waals surface area (Å²) in [5.41, 5.74) is 7.47. The summed E-state index contributed by atoms with van der Waals surface area (Å²) < 4.78 is 18.6. The van der Waals surface area contributed by atoms with E-state index in [0.29, 0.717) is 17.0 Å². The van der Waals surface area contributed by atoms with Crippen LogP contribution < -0.4 is 15.4 Å². The van der Waals surface area contributed by atoms with Crippen molar-refractivity contribution in [3.8, 4) is 5.75 Å². The van der Waals surface area contributed by atoms with Gasteiger partial charge in [0, 0.05) is 12.6 Å². The number of carbonyl (C=O) groups excluding carboxylic acids is 1. The summed E-state index contributed by atoms with van der Waals surface area (Å²) in [5.74, 6) is 0.167. The Hall–Kier alpha value is -2.40. The first-order valence-corrected chi connectivity index (χ1v) is 6.68. The van der Waals surface area contributed by atoms with Crippen molar-refractivity contribution in [3.63, 3.8) is 0 Å². The summed E-state index contributed by atoms with van der Waals surface area (Å²) in [6.07, 6.45) is 0. The maximum absolute atomic E-state index is 13.3. The van der Waals surface area contributed by atoms with Crippen molar-refractivity contribution in [1.82, 2.24) is 0 Å². The quantitative estimate of drug-likeness (QED) is 0.941. The summed E-state index contributed by atoms with van der Waals surface area (Å²) in [6, 6.07) is 13.0. The molecule has 1 amide bonds.